The number of hydrogen-bond donors (Lipinski definition) is 7. The molecule has 1 aromatic heterocycles. The van der Waals surface area contributed by atoms with E-state index in [-0.39, 0.29) is 10.6 Å². The number of rotatable bonds is 4. The van der Waals surface area contributed by atoms with Crippen LogP contribution in [0.1, 0.15) is 11.1 Å². The van der Waals surface area contributed by atoms with Gasteiger partial charge in [-0.25, -0.2) is 9.79 Å². The zero-order chi connectivity index (χ0) is 17.0. The number of H-pyrrole nitrogens is 2. The lowest BCUT2D eigenvalue weighted by atomic mass is 10.1. The first-order valence-electron chi connectivity index (χ1n) is 6.28. The van der Waals surface area contributed by atoms with E-state index in [4.69, 9.17) is 11.6 Å². The number of aromatic hydroxyl groups is 1. The molecule has 120 valence electrons. The van der Waals surface area contributed by atoms with E-state index >= 15 is 0 Å². The maximum atomic E-state index is 11.7. The van der Waals surface area contributed by atoms with Crippen LogP contribution < -0.4 is 28.3 Å². The van der Waals surface area contributed by atoms with Crippen LogP contribution in [0.3, 0.4) is 0 Å². The number of aromatic amines is 2. The summed E-state index contributed by atoms with van der Waals surface area (Å²) in [6, 6.07) is 6.69. The van der Waals surface area contributed by atoms with Crippen molar-refractivity contribution in [2.75, 3.05) is 0 Å². The van der Waals surface area contributed by atoms with Crippen molar-refractivity contribution in [2.24, 2.45) is 16.6 Å². The lowest BCUT2D eigenvalue weighted by molar-refractivity contribution is 0.447. The topological polar surface area (TPSA) is 162 Å². The quantitative estimate of drug-likeness (QED) is 0.131. The minimum Gasteiger partial charge on any atom is -0.494 e. The fraction of sp³-hybridized carbons (Fsp3) is 0. The van der Waals surface area contributed by atoms with Gasteiger partial charge in [-0.15, -0.1) is 12.6 Å². The Morgan fingerprint density at radius 3 is 2.43 bits per heavy atom. The Kier molecular flexibility index (Phi) is 4.88. The summed E-state index contributed by atoms with van der Waals surface area (Å²) >= 11 is 4.09. The third kappa shape index (κ3) is 3.62. The van der Waals surface area contributed by atoms with Crippen molar-refractivity contribution < 1.29 is 5.11 Å². The van der Waals surface area contributed by atoms with Gasteiger partial charge in [0.15, 0.2) is 0 Å². The molecule has 1 heterocycles. The molecule has 0 spiro atoms. The Labute approximate surface area is 135 Å². The van der Waals surface area contributed by atoms with Gasteiger partial charge >= 0.3 is 5.69 Å². The van der Waals surface area contributed by atoms with Gasteiger partial charge in [-0.1, -0.05) is 12.1 Å². The van der Waals surface area contributed by atoms with Crippen molar-refractivity contribution in [3.05, 3.63) is 62.4 Å². The summed E-state index contributed by atoms with van der Waals surface area (Å²) in [5, 5.41) is 9.60. The highest BCUT2D eigenvalue weighted by molar-refractivity contribution is 7.97. The first-order chi connectivity index (χ1) is 11.0. The van der Waals surface area contributed by atoms with Crippen LogP contribution in [0.2, 0.25) is 0 Å². The van der Waals surface area contributed by atoms with Crippen LogP contribution in [0, 0.1) is 0 Å². The van der Waals surface area contributed by atoms with Crippen LogP contribution in [-0.2, 0) is 0 Å². The Morgan fingerprint density at radius 2 is 1.91 bits per heavy atom. The Hall–Kier alpha value is -2.98. The molecule has 0 fully saturated rings. The fourth-order valence-electron chi connectivity index (χ4n) is 1.80. The molecule has 0 aliphatic heterocycles. The molecule has 0 aliphatic carbocycles. The van der Waals surface area contributed by atoms with E-state index in [1.807, 2.05) is 4.98 Å². The second-order valence-corrected chi connectivity index (χ2v) is 4.76. The van der Waals surface area contributed by atoms with Gasteiger partial charge in [-0.3, -0.25) is 20.6 Å². The molecule has 1 aromatic carbocycles. The summed E-state index contributed by atoms with van der Waals surface area (Å²) < 4.78 is 0. The number of nitrogens with zero attached hydrogens (tertiary/aromatic N) is 1. The molecule has 10 heteroatoms. The van der Waals surface area contributed by atoms with Crippen LogP contribution >= 0.6 is 12.6 Å². The van der Waals surface area contributed by atoms with Crippen molar-refractivity contribution in [1.29, 1.82) is 0 Å². The molecule has 0 saturated heterocycles. The van der Waals surface area contributed by atoms with Crippen molar-refractivity contribution in [2.45, 2.75) is 0 Å². The Morgan fingerprint density at radius 1 is 1.26 bits per heavy atom. The average Bonchev–Trinajstić information content (AvgIpc) is 2.49. The summed E-state index contributed by atoms with van der Waals surface area (Å²) in [6.45, 7) is 0. The molecule has 2 rings (SSSR count). The minimum absolute atomic E-state index is 0.0562. The van der Waals surface area contributed by atoms with Crippen LogP contribution in [0.25, 0.3) is 5.70 Å². The highest BCUT2D eigenvalue weighted by Gasteiger charge is 2.12. The molecule has 0 atom stereocenters. The molecule has 0 amide bonds. The number of nitrogens with two attached hydrogens (primary N) is 2. The van der Waals surface area contributed by atoms with E-state index in [2.05, 4.69) is 28.0 Å². The zero-order valence-electron chi connectivity index (χ0n) is 11.7. The molecule has 8 N–H and O–H groups in total. The SMILES string of the molecule is N/C=C(\NN)c1ccc(/N=C(\S)c2c(O)[nH]c(=O)[nH]c2=O)cc1. The molecule has 0 unspecified atom stereocenters. The number of benzene rings is 1. The van der Waals surface area contributed by atoms with Crippen molar-refractivity contribution in [3.8, 4) is 5.88 Å². The molecule has 23 heavy (non-hydrogen) atoms. The molecule has 2 aromatic rings. The summed E-state index contributed by atoms with van der Waals surface area (Å²) in [6.07, 6.45) is 1.32. The predicted octanol–water partition coefficient (Wildman–Crippen LogP) is -0.503. The van der Waals surface area contributed by atoms with Gasteiger partial charge in [0.25, 0.3) is 5.56 Å². The van der Waals surface area contributed by atoms with Gasteiger partial charge in [-0.05, 0) is 12.1 Å². The van der Waals surface area contributed by atoms with Gasteiger partial charge in [0.1, 0.15) is 10.6 Å². The standard InChI is InChI=1S/C13H14N6O3S/c14-5-8(19-15)6-1-3-7(4-2-6)16-12(23)9-10(20)17-13(22)18-11(9)21/h1-5,19H,14-15H2,(H,16,23)(H3,17,18,20,21,22)/b8-5-. The third-order valence-electron chi connectivity index (χ3n) is 2.88. The van der Waals surface area contributed by atoms with E-state index in [1.54, 1.807) is 24.3 Å². The van der Waals surface area contributed by atoms with E-state index in [0.717, 1.165) is 5.56 Å². The summed E-state index contributed by atoms with van der Waals surface area (Å²) in [4.78, 5) is 30.9. The first kappa shape index (κ1) is 16.4. The van der Waals surface area contributed by atoms with Gasteiger partial charge in [0, 0.05) is 11.8 Å². The van der Waals surface area contributed by atoms with Crippen molar-refractivity contribution in [1.82, 2.24) is 15.4 Å². The number of nitrogens with one attached hydrogen (secondary N) is 3. The number of hydrazine groups is 1. The molecular formula is C13H14N6O3S. The predicted molar refractivity (Wildman–Crippen MR) is 90.5 cm³/mol. The maximum absolute atomic E-state index is 11.7. The normalized spacial score (nSPS) is 12.3. The number of thiol groups is 1. The Bertz CT molecular complexity index is 882. The molecule has 0 saturated carbocycles. The van der Waals surface area contributed by atoms with E-state index in [9.17, 15) is 14.7 Å². The monoisotopic (exact) mass is 334 g/mol. The van der Waals surface area contributed by atoms with Crippen molar-refractivity contribution in [3.63, 3.8) is 0 Å². The minimum atomic E-state index is -0.822. The molecule has 9 nitrogen and oxygen atoms in total. The molecular weight excluding hydrogens is 320 g/mol. The van der Waals surface area contributed by atoms with Gasteiger partial charge in [-0.2, -0.15) is 0 Å². The number of aliphatic imine (C=N–C) groups is 1. The van der Waals surface area contributed by atoms with Gasteiger partial charge in [0.05, 0.1) is 11.4 Å². The zero-order valence-corrected chi connectivity index (χ0v) is 12.6. The van der Waals surface area contributed by atoms with Crippen molar-refractivity contribution >= 4 is 29.1 Å². The number of hydrogen-bond acceptors (Lipinski definition) is 7. The fourth-order valence-corrected chi connectivity index (χ4v) is 2.13. The van der Waals surface area contributed by atoms with E-state index in [1.165, 1.54) is 6.20 Å². The molecule has 0 aliphatic rings. The first-order valence-corrected chi connectivity index (χ1v) is 6.73. The molecule has 0 radical (unpaired) electrons. The van der Waals surface area contributed by atoms with E-state index < -0.39 is 17.1 Å². The van der Waals surface area contributed by atoms with Crippen LogP contribution in [0.15, 0.2) is 45.0 Å². The second-order valence-electron chi connectivity index (χ2n) is 4.34. The lowest BCUT2D eigenvalue weighted by Crippen LogP contribution is -2.26. The second kappa shape index (κ2) is 6.85. The third-order valence-corrected chi connectivity index (χ3v) is 3.21. The van der Waals surface area contributed by atoms with Gasteiger partial charge in [0.2, 0.25) is 5.88 Å². The smallest absolute Gasteiger partial charge is 0.328 e. The maximum Gasteiger partial charge on any atom is 0.328 e. The summed E-state index contributed by atoms with van der Waals surface area (Å²) in [7, 11) is 0. The highest BCUT2D eigenvalue weighted by Crippen LogP contribution is 2.19. The Balaban J connectivity index is 2.39. The van der Waals surface area contributed by atoms with Crippen LogP contribution in [-0.4, -0.2) is 20.1 Å². The highest BCUT2D eigenvalue weighted by atomic mass is 32.1. The van der Waals surface area contributed by atoms with E-state index in [0.29, 0.717) is 11.4 Å². The summed E-state index contributed by atoms with van der Waals surface area (Å²) in [5.41, 5.74) is 7.75. The van der Waals surface area contributed by atoms with Gasteiger partial charge < -0.3 is 16.3 Å². The molecule has 0 bridgehead atoms. The summed E-state index contributed by atoms with van der Waals surface area (Å²) in [5.74, 6) is 4.72. The van der Waals surface area contributed by atoms with Crippen LogP contribution in [0.5, 0.6) is 5.88 Å². The average molecular weight is 334 g/mol. The number of aromatic nitrogens is 2. The van der Waals surface area contributed by atoms with Crippen LogP contribution in [0.4, 0.5) is 5.69 Å². The largest absolute Gasteiger partial charge is 0.494 e. The lowest BCUT2D eigenvalue weighted by Gasteiger charge is -2.06.